The van der Waals surface area contributed by atoms with E-state index in [1.807, 2.05) is 50.2 Å². The van der Waals surface area contributed by atoms with Gasteiger partial charge in [-0.15, -0.1) is 0 Å². The van der Waals surface area contributed by atoms with Crippen LogP contribution in [-0.4, -0.2) is 93.2 Å². The van der Waals surface area contributed by atoms with Crippen LogP contribution in [0.3, 0.4) is 0 Å². The molecule has 1 unspecified atom stereocenters. The van der Waals surface area contributed by atoms with Gasteiger partial charge in [-0.2, -0.15) is 0 Å². The fourth-order valence-electron chi connectivity index (χ4n) is 5.64. The second-order valence-corrected chi connectivity index (χ2v) is 14.9. The first kappa shape index (κ1) is 53.3. The summed E-state index contributed by atoms with van der Waals surface area (Å²) < 4.78 is 20.0. The maximum absolute atomic E-state index is 12.2. The molecule has 1 saturated carbocycles. The molecule has 14 nitrogen and oxygen atoms in total. The van der Waals surface area contributed by atoms with Crippen molar-refractivity contribution < 1.29 is 68.1 Å². The molecule has 14 heteroatoms. The minimum Gasteiger partial charge on any atom is -0.475 e. The van der Waals surface area contributed by atoms with Gasteiger partial charge in [0.2, 0.25) is 11.5 Å². The molecule has 5 rings (SSSR count). The van der Waals surface area contributed by atoms with Crippen molar-refractivity contribution in [2.24, 2.45) is 10.8 Å². The van der Waals surface area contributed by atoms with Gasteiger partial charge in [-0.05, 0) is 112 Å². The molecular formula is C47H62O14. The summed E-state index contributed by atoms with van der Waals surface area (Å²) in [7, 11) is 0. The molecule has 334 valence electrons. The quantitative estimate of drug-likeness (QED) is 0.0523. The van der Waals surface area contributed by atoms with Gasteiger partial charge in [0.25, 0.3) is 0 Å². The van der Waals surface area contributed by atoms with Crippen molar-refractivity contribution in [3.05, 3.63) is 120 Å². The van der Waals surface area contributed by atoms with E-state index in [0.29, 0.717) is 24.3 Å². The van der Waals surface area contributed by atoms with Gasteiger partial charge in [-0.3, -0.25) is 0 Å². The highest BCUT2D eigenvalue weighted by molar-refractivity contribution is 5.89. The molecule has 2 atom stereocenters. The summed E-state index contributed by atoms with van der Waals surface area (Å²) in [5, 5.41) is 50.6. The number of carboxylic acid groups (broad SMARTS) is 2. The van der Waals surface area contributed by atoms with Crippen molar-refractivity contribution in [3.8, 4) is 11.8 Å². The number of ether oxygens (including phenoxy) is 2. The second kappa shape index (κ2) is 30.3. The van der Waals surface area contributed by atoms with Crippen LogP contribution in [0.1, 0.15) is 127 Å². The minimum atomic E-state index is -1.03. The first-order chi connectivity index (χ1) is 29.0. The first-order valence-corrected chi connectivity index (χ1v) is 20.1. The number of carbonyl (C=O) groups is 4. The highest BCUT2D eigenvalue weighted by Crippen LogP contribution is 2.42. The van der Waals surface area contributed by atoms with Crippen LogP contribution in [0.25, 0.3) is 0 Å². The Hall–Kier alpha value is -5.72. The number of benzene rings is 2. The van der Waals surface area contributed by atoms with Crippen molar-refractivity contribution in [2.75, 3.05) is 26.4 Å². The molecule has 1 aliphatic rings. The Balaban J connectivity index is 0.000000457. The number of aromatic carboxylic acids is 2. The third-order valence-corrected chi connectivity index (χ3v) is 9.07. The van der Waals surface area contributed by atoms with E-state index in [1.165, 1.54) is 56.1 Å². The SMILES string of the molecule is CC(C)(CO)CCCO.CC(O)C#C[C@H](C)O.O=C(O)c1ccco1.O=C(O)c1ccco1.O=C(OCCC1(CCOC(=O)c2ccccc2)CCCCC1)c1ccccc1. The third kappa shape index (κ3) is 24.8. The molecule has 0 radical (unpaired) electrons. The number of rotatable bonds is 14. The standard InChI is InChI=1S/C24H28O4.C7H16O2.C6H10O2.2C5H4O3/c25-22(20-10-4-1-5-11-20)27-18-16-24(14-8-3-9-15-24)17-19-28-23(26)21-12-6-2-7-13-21;1-7(2,6-9)4-3-5-8;1-5(7)3-4-6(2)8;2*6-5(7)4-2-1-3-8-4/h1-2,4-7,10-13H,3,8-9,14-19H2;8-9H,3-6H2,1-2H3;5-8H,1-2H3;2*1-3H,(H,6,7)/t;;5-,6?;;/m..0../s1. The van der Waals surface area contributed by atoms with Gasteiger partial charge in [-0.25, -0.2) is 19.2 Å². The van der Waals surface area contributed by atoms with E-state index in [9.17, 15) is 19.2 Å². The Labute approximate surface area is 358 Å². The highest BCUT2D eigenvalue weighted by atomic mass is 16.5. The summed E-state index contributed by atoms with van der Waals surface area (Å²) in [6, 6.07) is 24.0. The van der Waals surface area contributed by atoms with E-state index < -0.39 is 24.1 Å². The molecule has 4 aromatic rings. The average Bonchev–Trinajstić information content (AvgIpc) is 4.01. The number of carboxylic acids is 2. The van der Waals surface area contributed by atoms with Crippen LogP contribution >= 0.6 is 0 Å². The molecule has 0 bridgehead atoms. The van der Waals surface area contributed by atoms with Gasteiger partial charge in [0.1, 0.15) is 12.2 Å². The van der Waals surface area contributed by atoms with E-state index in [4.69, 9.17) is 40.1 Å². The van der Waals surface area contributed by atoms with Crippen LogP contribution in [0.4, 0.5) is 0 Å². The van der Waals surface area contributed by atoms with Gasteiger partial charge in [0.05, 0.1) is 36.9 Å². The van der Waals surface area contributed by atoms with E-state index in [2.05, 4.69) is 20.7 Å². The molecule has 1 fully saturated rings. The summed E-state index contributed by atoms with van der Waals surface area (Å²) in [4.78, 5) is 44.3. The van der Waals surface area contributed by atoms with Crippen molar-refractivity contribution in [1.29, 1.82) is 0 Å². The fraction of sp³-hybridized carbons (Fsp3) is 0.447. The van der Waals surface area contributed by atoms with Gasteiger partial charge >= 0.3 is 23.9 Å². The smallest absolute Gasteiger partial charge is 0.371 e. The molecule has 6 N–H and O–H groups in total. The van der Waals surface area contributed by atoms with Crippen LogP contribution < -0.4 is 0 Å². The van der Waals surface area contributed by atoms with Crippen molar-refractivity contribution in [1.82, 2.24) is 0 Å². The van der Waals surface area contributed by atoms with E-state index >= 15 is 0 Å². The van der Waals surface area contributed by atoms with Crippen LogP contribution in [-0.2, 0) is 9.47 Å². The van der Waals surface area contributed by atoms with Gasteiger partial charge in [-0.1, -0.05) is 81.3 Å². The Bertz CT molecular complexity index is 1700. The zero-order chi connectivity index (χ0) is 45.5. The monoisotopic (exact) mass is 850 g/mol. The largest absolute Gasteiger partial charge is 0.475 e. The predicted octanol–water partition coefficient (Wildman–Crippen LogP) is 7.92. The summed E-state index contributed by atoms with van der Waals surface area (Å²) in [5.41, 5.74) is 1.24. The zero-order valence-corrected chi connectivity index (χ0v) is 35.5. The van der Waals surface area contributed by atoms with Gasteiger partial charge in [0, 0.05) is 13.2 Å². The number of esters is 2. The molecular weight excluding hydrogens is 789 g/mol. The van der Waals surface area contributed by atoms with Crippen LogP contribution in [0, 0.1) is 22.7 Å². The van der Waals surface area contributed by atoms with E-state index in [-0.39, 0.29) is 47.5 Å². The maximum Gasteiger partial charge on any atom is 0.371 e. The molecule has 0 saturated heterocycles. The fourth-order valence-corrected chi connectivity index (χ4v) is 5.64. The molecule has 0 spiro atoms. The molecule has 0 aliphatic heterocycles. The van der Waals surface area contributed by atoms with Gasteiger partial charge < -0.3 is 48.9 Å². The molecule has 2 aromatic carbocycles. The molecule has 0 amide bonds. The second-order valence-electron chi connectivity index (χ2n) is 14.9. The molecule has 2 aromatic heterocycles. The summed E-state index contributed by atoms with van der Waals surface area (Å²) in [5.74, 6) is 2.14. The van der Waals surface area contributed by atoms with E-state index in [0.717, 1.165) is 38.5 Å². The zero-order valence-electron chi connectivity index (χ0n) is 35.5. The topological polar surface area (TPSA) is 234 Å². The van der Waals surface area contributed by atoms with Crippen molar-refractivity contribution >= 4 is 23.9 Å². The Kier molecular flexibility index (Phi) is 26.5. The Morgan fingerprint density at radius 3 is 1.38 bits per heavy atom. The normalized spacial score (nSPS) is 13.4. The predicted molar refractivity (Wildman–Crippen MR) is 228 cm³/mol. The summed E-state index contributed by atoms with van der Waals surface area (Å²) in [6.45, 7) is 8.31. The number of aliphatic hydroxyl groups excluding tert-OH is 4. The van der Waals surface area contributed by atoms with Gasteiger partial charge in [0.15, 0.2) is 0 Å². The third-order valence-electron chi connectivity index (χ3n) is 9.07. The van der Waals surface area contributed by atoms with Crippen molar-refractivity contribution in [3.63, 3.8) is 0 Å². The van der Waals surface area contributed by atoms with Crippen LogP contribution in [0.15, 0.2) is 106 Å². The Morgan fingerprint density at radius 1 is 0.672 bits per heavy atom. The number of carbonyl (C=O) groups excluding carboxylic acids is 2. The number of hydrogen-bond donors (Lipinski definition) is 6. The van der Waals surface area contributed by atoms with Crippen LogP contribution in [0.2, 0.25) is 0 Å². The lowest BCUT2D eigenvalue weighted by Gasteiger charge is -2.37. The minimum absolute atomic E-state index is 0.0112. The lowest BCUT2D eigenvalue weighted by molar-refractivity contribution is 0.0275. The summed E-state index contributed by atoms with van der Waals surface area (Å²) >= 11 is 0. The highest BCUT2D eigenvalue weighted by Gasteiger charge is 2.32. The first-order valence-electron chi connectivity index (χ1n) is 20.1. The molecule has 2 heterocycles. The summed E-state index contributed by atoms with van der Waals surface area (Å²) in [6.07, 6.45) is 10.5. The van der Waals surface area contributed by atoms with Crippen LogP contribution in [0.5, 0.6) is 0 Å². The maximum atomic E-state index is 12.2. The lowest BCUT2D eigenvalue weighted by atomic mass is 9.70. The average molecular weight is 851 g/mol. The number of furan rings is 2. The van der Waals surface area contributed by atoms with E-state index in [1.54, 1.807) is 38.1 Å². The number of hydrogen-bond acceptors (Lipinski definition) is 12. The lowest BCUT2D eigenvalue weighted by Crippen LogP contribution is -2.28. The number of aliphatic hydroxyl groups is 4. The Morgan fingerprint density at radius 2 is 1.08 bits per heavy atom. The van der Waals surface area contributed by atoms with Crippen molar-refractivity contribution in [2.45, 2.75) is 97.7 Å². The molecule has 61 heavy (non-hydrogen) atoms. The molecule has 1 aliphatic carbocycles.